The number of hydrogen-bond donors (Lipinski definition) is 1. The third kappa shape index (κ3) is 3.42. The zero-order valence-corrected chi connectivity index (χ0v) is 11.2. The van der Waals surface area contributed by atoms with Crippen molar-refractivity contribution in [1.29, 1.82) is 0 Å². The zero-order chi connectivity index (χ0) is 14.5. The van der Waals surface area contributed by atoms with Gasteiger partial charge in [-0.25, -0.2) is 0 Å². The first kappa shape index (κ1) is 14.2. The van der Waals surface area contributed by atoms with E-state index < -0.39 is 16.4 Å². The molecule has 0 aliphatic heterocycles. The summed E-state index contributed by atoms with van der Waals surface area (Å²) in [5.74, 6) is -0.799. The first-order valence-electron chi connectivity index (χ1n) is 6.38. The van der Waals surface area contributed by atoms with Gasteiger partial charge < -0.3 is 9.88 Å². The van der Waals surface area contributed by atoms with Crippen LogP contribution in [0.3, 0.4) is 0 Å². The Hall–Kier alpha value is -2.21. The average Bonchev–Trinajstić information content (AvgIpc) is 2.83. The van der Waals surface area contributed by atoms with Crippen LogP contribution in [0.4, 0.5) is 10.1 Å². The lowest BCUT2D eigenvalue weighted by Gasteiger charge is -2.04. The van der Waals surface area contributed by atoms with Crippen LogP contribution in [0, 0.1) is 15.9 Å². The van der Waals surface area contributed by atoms with E-state index in [1.807, 2.05) is 30.0 Å². The minimum absolute atomic E-state index is 0.487. The number of nitro groups is 1. The second kappa shape index (κ2) is 6.29. The SMILES string of the molecule is CCNCc1ccn(Cc2ccc([N+](=O)[O-])c(F)c2)c1. The Morgan fingerprint density at radius 2 is 2.15 bits per heavy atom. The number of hydrogen-bond acceptors (Lipinski definition) is 3. The molecule has 1 aromatic heterocycles. The van der Waals surface area contributed by atoms with Crippen LogP contribution in [0.1, 0.15) is 18.1 Å². The van der Waals surface area contributed by atoms with Crippen LogP contribution in [-0.4, -0.2) is 16.0 Å². The van der Waals surface area contributed by atoms with Gasteiger partial charge in [0, 0.05) is 31.5 Å². The topological polar surface area (TPSA) is 60.1 Å². The molecule has 0 fully saturated rings. The maximum Gasteiger partial charge on any atom is 0.304 e. The van der Waals surface area contributed by atoms with Gasteiger partial charge in [0.1, 0.15) is 0 Å². The van der Waals surface area contributed by atoms with Crippen molar-refractivity contribution in [3.05, 3.63) is 63.7 Å². The minimum Gasteiger partial charge on any atom is -0.350 e. The van der Waals surface area contributed by atoms with Crippen molar-refractivity contribution in [2.45, 2.75) is 20.0 Å². The molecule has 0 unspecified atom stereocenters. The van der Waals surface area contributed by atoms with Gasteiger partial charge in [0.15, 0.2) is 0 Å². The highest BCUT2D eigenvalue weighted by molar-refractivity contribution is 5.35. The van der Waals surface area contributed by atoms with Crippen molar-refractivity contribution in [3.63, 3.8) is 0 Å². The highest BCUT2D eigenvalue weighted by Crippen LogP contribution is 2.18. The van der Waals surface area contributed by atoms with Gasteiger partial charge in [0.05, 0.1) is 4.92 Å². The molecular formula is C14H16FN3O2. The minimum atomic E-state index is -0.799. The molecule has 1 N–H and O–H groups in total. The molecule has 0 atom stereocenters. The van der Waals surface area contributed by atoms with Gasteiger partial charge in [-0.1, -0.05) is 13.0 Å². The molecule has 20 heavy (non-hydrogen) atoms. The van der Waals surface area contributed by atoms with Gasteiger partial charge >= 0.3 is 5.69 Å². The smallest absolute Gasteiger partial charge is 0.304 e. The molecule has 0 radical (unpaired) electrons. The Bertz CT molecular complexity index is 610. The van der Waals surface area contributed by atoms with Crippen molar-refractivity contribution in [1.82, 2.24) is 9.88 Å². The lowest BCUT2D eigenvalue weighted by molar-refractivity contribution is -0.387. The molecule has 6 heteroatoms. The number of aromatic nitrogens is 1. The number of halogens is 1. The molecule has 5 nitrogen and oxygen atoms in total. The number of nitro benzene ring substituents is 1. The lowest BCUT2D eigenvalue weighted by Crippen LogP contribution is -2.11. The monoisotopic (exact) mass is 277 g/mol. The second-order valence-electron chi connectivity index (χ2n) is 4.52. The van der Waals surface area contributed by atoms with Crippen molar-refractivity contribution in [2.75, 3.05) is 6.54 Å². The molecule has 0 saturated carbocycles. The molecule has 0 amide bonds. The van der Waals surface area contributed by atoms with E-state index in [0.29, 0.717) is 12.1 Å². The Morgan fingerprint density at radius 3 is 2.80 bits per heavy atom. The van der Waals surface area contributed by atoms with Crippen LogP contribution in [0.2, 0.25) is 0 Å². The molecule has 2 rings (SSSR count). The molecule has 106 valence electrons. The Labute approximate surface area is 116 Å². The van der Waals surface area contributed by atoms with Crippen LogP contribution in [-0.2, 0) is 13.1 Å². The number of nitrogens with zero attached hydrogens (tertiary/aromatic N) is 2. The number of benzene rings is 1. The molecular weight excluding hydrogens is 261 g/mol. The van der Waals surface area contributed by atoms with Crippen molar-refractivity contribution in [2.24, 2.45) is 0 Å². The summed E-state index contributed by atoms with van der Waals surface area (Å²) >= 11 is 0. The van der Waals surface area contributed by atoms with Gasteiger partial charge in [0.25, 0.3) is 0 Å². The maximum absolute atomic E-state index is 13.5. The third-order valence-electron chi connectivity index (χ3n) is 2.96. The fraction of sp³-hybridized carbons (Fsp3) is 0.286. The molecule has 0 aliphatic carbocycles. The van der Waals surface area contributed by atoms with E-state index >= 15 is 0 Å². The highest BCUT2D eigenvalue weighted by Gasteiger charge is 2.13. The van der Waals surface area contributed by atoms with E-state index in [1.165, 1.54) is 12.1 Å². The summed E-state index contributed by atoms with van der Waals surface area (Å²) in [7, 11) is 0. The van der Waals surface area contributed by atoms with Gasteiger partial charge in [-0.05, 0) is 29.8 Å². The van der Waals surface area contributed by atoms with E-state index in [2.05, 4.69) is 5.32 Å². The van der Waals surface area contributed by atoms with Crippen LogP contribution >= 0.6 is 0 Å². The summed E-state index contributed by atoms with van der Waals surface area (Å²) in [6, 6.07) is 5.98. The molecule has 0 aliphatic rings. The Kier molecular flexibility index (Phi) is 4.47. The van der Waals surface area contributed by atoms with E-state index in [-0.39, 0.29) is 0 Å². The van der Waals surface area contributed by atoms with Crippen molar-refractivity contribution in [3.8, 4) is 0 Å². The zero-order valence-electron chi connectivity index (χ0n) is 11.2. The van der Waals surface area contributed by atoms with E-state index in [1.54, 1.807) is 6.07 Å². The summed E-state index contributed by atoms with van der Waals surface area (Å²) in [5, 5.41) is 13.8. The highest BCUT2D eigenvalue weighted by atomic mass is 19.1. The van der Waals surface area contributed by atoms with Gasteiger partial charge in [-0.3, -0.25) is 10.1 Å². The number of nitrogens with one attached hydrogen (secondary N) is 1. The first-order chi connectivity index (χ1) is 9.60. The molecule has 1 aromatic carbocycles. The summed E-state index contributed by atoms with van der Waals surface area (Å²) in [4.78, 5) is 9.83. The lowest BCUT2D eigenvalue weighted by atomic mass is 10.2. The van der Waals surface area contributed by atoms with Crippen LogP contribution in [0.15, 0.2) is 36.7 Å². The maximum atomic E-state index is 13.5. The second-order valence-corrected chi connectivity index (χ2v) is 4.52. The molecule has 0 saturated heterocycles. The van der Waals surface area contributed by atoms with Gasteiger partial charge in [0.2, 0.25) is 5.82 Å². The van der Waals surface area contributed by atoms with E-state index in [4.69, 9.17) is 0 Å². The Balaban J connectivity index is 2.08. The molecule has 0 spiro atoms. The first-order valence-corrected chi connectivity index (χ1v) is 6.38. The summed E-state index contributed by atoms with van der Waals surface area (Å²) in [6.07, 6.45) is 3.88. The van der Waals surface area contributed by atoms with E-state index in [0.717, 1.165) is 18.7 Å². The van der Waals surface area contributed by atoms with Crippen LogP contribution < -0.4 is 5.32 Å². The summed E-state index contributed by atoms with van der Waals surface area (Å²) in [6.45, 7) is 4.22. The predicted molar refractivity (Wildman–Crippen MR) is 74.0 cm³/mol. The fourth-order valence-corrected chi connectivity index (χ4v) is 1.97. The standard InChI is InChI=1S/C14H16FN3O2/c1-2-16-8-12-5-6-17(10-12)9-11-3-4-14(18(19)20)13(15)7-11/h3-7,10,16H,2,8-9H2,1H3. The molecule has 2 aromatic rings. The van der Waals surface area contributed by atoms with Gasteiger partial charge in [-0.15, -0.1) is 0 Å². The summed E-state index contributed by atoms with van der Waals surface area (Å²) < 4.78 is 15.4. The molecule has 0 bridgehead atoms. The van der Waals surface area contributed by atoms with E-state index in [9.17, 15) is 14.5 Å². The van der Waals surface area contributed by atoms with Crippen LogP contribution in [0.5, 0.6) is 0 Å². The Morgan fingerprint density at radius 1 is 1.35 bits per heavy atom. The quantitative estimate of drug-likeness (QED) is 0.652. The number of rotatable bonds is 6. The third-order valence-corrected chi connectivity index (χ3v) is 2.96. The van der Waals surface area contributed by atoms with Crippen molar-refractivity contribution >= 4 is 5.69 Å². The average molecular weight is 277 g/mol. The van der Waals surface area contributed by atoms with Crippen molar-refractivity contribution < 1.29 is 9.31 Å². The normalized spacial score (nSPS) is 10.7. The van der Waals surface area contributed by atoms with Crippen LogP contribution in [0.25, 0.3) is 0 Å². The largest absolute Gasteiger partial charge is 0.350 e. The summed E-state index contributed by atoms with van der Waals surface area (Å²) in [5.41, 5.74) is 1.35. The molecule has 1 heterocycles. The predicted octanol–water partition coefficient (Wildman–Crippen LogP) is 2.69. The van der Waals surface area contributed by atoms with Gasteiger partial charge in [-0.2, -0.15) is 4.39 Å². The fourth-order valence-electron chi connectivity index (χ4n) is 1.97.